The predicted molar refractivity (Wildman–Crippen MR) is 74.7 cm³/mol. The standard InChI is InChI=1S/C12H12N4O4S/c1-6-4-7(2)13-11(9(6)12(17)18)21-10-8(16(19)20)5-15(3)14-10/h4-5H,1-3H3,(H,17,18). The Labute approximate surface area is 124 Å². The Morgan fingerprint density at radius 3 is 2.67 bits per heavy atom. The molecule has 0 amide bonds. The van der Waals surface area contributed by atoms with E-state index in [-0.39, 0.29) is 21.3 Å². The third-order valence-corrected chi connectivity index (χ3v) is 3.67. The highest BCUT2D eigenvalue weighted by molar-refractivity contribution is 7.99. The van der Waals surface area contributed by atoms with Crippen molar-refractivity contribution in [2.75, 3.05) is 0 Å². The first-order valence-corrected chi connectivity index (χ1v) is 6.68. The van der Waals surface area contributed by atoms with Crippen LogP contribution in [0.1, 0.15) is 21.6 Å². The fraction of sp³-hybridized carbons (Fsp3) is 0.250. The third-order valence-electron chi connectivity index (χ3n) is 2.69. The van der Waals surface area contributed by atoms with Crippen LogP contribution in [-0.2, 0) is 7.05 Å². The zero-order chi connectivity index (χ0) is 15.7. The van der Waals surface area contributed by atoms with Crippen molar-refractivity contribution in [2.45, 2.75) is 23.9 Å². The van der Waals surface area contributed by atoms with E-state index in [9.17, 15) is 20.0 Å². The summed E-state index contributed by atoms with van der Waals surface area (Å²) >= 11 is 0.881. The van der Waals surface area contributed by atoms with Gasteiger partial charge in [0.25, 0.3) is 0 Å². The first-order valence-electron chi connectivity index (χ1n) is 5.87. The predicted octanol–water partition coefficient (Wildman–Crippen LogP) is 2.19. The largest absolute Gasteiger partial charge is 0.478 e. The van der Waals surface area contributed by atoms with Gasteiger partial charge in [-0.15, -0.1) is 0 Å². The summed E-state index contributed by atoms with van der Waals surface area (Å²) in [4.78, 5) is 25.9. The summed E-state index contributed by atoms with van der Waals surface area (Å²) < 4.78 is 1.31. The summed E-state index contributed by atoms with van der Waals surface area (Å²) in [5.41, 5.74) is 1.04. The second kappa shape index (κ2) is 5.52. The van der Waals surface area contributed by atoms with Gasteiger partial charge in [-0.05, 0) is 37.2 Å². The molecule has 0 saturated carbocycles. The number of pyridine rings is 1. The number of aryl methyl sites for hydroxylation is 3. The van der Waals surface area contributed by atoms with Crippen LogP contribution in [0.25, 0.3) is 0 Å². The highest BCUT2D eigenvalue weighted by Crippen LogP contribution is 2.35. The van der Waals surface area contributed by atoms with Crippen LogP contribution in [0, 0.1) is 24.0 Å². The Bertz CT molecular complexity index is 741. The van der Waals surface area contributed by atoms with Crippen molar-refractivity contribution < 1.29 is 14.8 Å². The fourth-order valence-corrected chi connectivity index (χ4v) is 3.01. The number of carboxylic acids is 1. The van der Waals surface area contributed by atoms with Gasteiger partial charge in [-0.25, -0.2) is 9.78 Å². The van der Waals surface area contributed by atoms with Crippen LogP contribution in [-0.4, -0.2) is 30.8 Å². The van der Waals surface area contributed by atoms with Crippen LogP contribution in [0.4, 0.5) is 5.69 Å². The van der Waals surface area contributed by atoms with E-state index < -0.39 is 10.9 Å². The topological polar surface area (TPSA) is 111 Å². The van der Waals surface area contributed by atoms with E-state index in [2.05, 4.69) is 10.1 Å². The molecule has 0 radical (unpaired) electrons. The SMILES string of the molecule is Cc1cc(C)c(C(=O)O)c(Sc2nn(C)cc2[N+](=O)[O-])n1. The van der Waals surface area contributed by atoms with Gasteiger partial charge in [0.15, 0.2) is 0 Å². The monoisotopic (exact) mass is 308 g/mol. The number of carboxylic acid groups (broad SMARTS) is 1. The van der Waals surface area contributed by atoms with E-state index in [0.717, 1.165) is 11.8 Å². The van der Waals surface area contributed by atoms with Gasteiger partial charge in [0.1, 0.15) is 11.2 Å². The molecule has 8 nitrogen and oxygen atoms in total. The number of nitro groups is 1. The Hall–Kier alpha value is -2.42. The van der Waals surface area contributed by atoms with Crippen LogP contribution in [0.5, 0.6) is 0 Å². The van der Waals surface area contributed by atoms with Gasteiger partial charge in [-0.3, -0.25) is 14.8 Å². The van der Waals surface area contributed by atoms with E-state index in [1.165, 1.54) is 10.9 Å². The molecule has 0 aromatic carbocycles. The van der Waals surface area contributed by atoms with Crippen LogP contribution in [0.15, 0.2) is 22.3 Å². The molecule has 110 valence electrons. The van der Waals surface area contributed by atoms with Crippen LogP contribution in [0.3, 0.4) is 0 Å². The van der Waals surface area contributed by atoms with E-state index in [0.29, 0.717) is 11.3 Å². The number of hydrogen-bond donors (Lipinski definition) is 1. The van der Waals surface area contributed by atoms with E-state index >= 15 is 0 Å². The van der Waals surface area contributed by atoms with Crippen molar-refractivity contribution in [3.8, 4) is 0 Å². The third kappa shape index (κ3) is 3.02. The van der Waals surface area contributed by atoms with Gasteiger partial charge in [0, 0.05) is 12.7 Å². The lowest BCUT2D eigenvalue weighted by atomic mass is 10.1. The number of nitrogens with zero attached hydrogens (tertiary/aromatic N) is 4. The first-order chi connectivity index (χ1) is 9.79. The van der Waals surface area contributed by atoms with Gasteiger partial charge in [0.2, 0.25) is 5.03 Å². The molecule has 0 aliphatic heterocycles. The van der Waals surface area contributed by atoms with Gasteiger partial charge >= 0.3 is 11.7 Å². The van der Waals surface area contributed by atoms with Gasteiger partial charge < -0.3 is 5.11 Å². The zero-order valence-corrected chi connectivity index (χ0v) is 12.3. The Balaban J connectivity index is 2.54. The molecule has 0 unspecified atom stereocenters. The summed E-state index contributed by atoms with van der Waals surface area (Å²) in [5, 5.41) is 24.6. The maximum absolute atomic E-state index is 11.4. The molecule has 2 rings (SSSR count). The molecule has 0 aliphatic carbocycles. The maximum Gasteiger partial charge on any atom is 0.338 e. The lowest BCUT2D eigenvalue weighted by Crippen LogP contribution is -2.05. The molecule has 21 heavy (non-hydrogen) atoms. The average Bonchev–Trinajstić information content (AvgIpc) is 2.68. The van der Waals surface area contributed by atoms with Crippen molar-refractivity contribution in [3.63, 3.8) is 0 Å². The molecule has 1 N–H and O–H groups in total. The summed E-state index contributed by atoms with van der Waals surface area (Å²) in [6.45, 7) is 3.39. The van der Waals surface area contributed by atoms with Gasteiger partial charge in [-0.2, -0.15) is 5.10 Å². The van der Waals surface area contributed by atoms with Crippen LogP contribution in [0.2, 0.25) is 0 Å². The number of aromatic nitrogens is 3. The van der Waals surface area contributed by atoms with Gasteiger partial charge in [-0.1, -0.05) is 0 Å². The summed E-state index contributed by atoms with van der Waals surface area (Å²) in [5.74, 6) is -1.12. The summed E-state index contributed by atoms with van der Waals surface area (Å²) in [6, 6.07) is 1.65. The lowest BCUT2D eigenvalue weighted by molar-refractivity contribution is -0.387. The van der Waals surface area contributed by atoms with Crippen molar-refractivity contribution in [3.05, 3.63) is 39.2 Å². The fourth-order valence-electron chi connectivity index (χ4n) is 1.88. The van der Waals surface area contributed by atoms with Crippen molar-refractivity contribution in [1.82, 2.24) is 14.8 Å². The minimum absolute atomic E-state index is 0.0329. The molecule has 0 spiro atoms. The molecule has 2 aromatic rings. The van der Waals surface area contributed by atoms with Crippen molar-refractivity contribution in [1.29, 1.82) is 0 Å². The average molecular weight is 308 g/mol. The minimum Gasteiger partial charge on any atom is -0.478 e. The molecular formula is C12H12N4O4S. The van der Waals surface area contributed by atoms with Crippen molar-refractivity contribution >= 4 is 23.4 Å². The molecule has 9 heteroatoms. The zero-order valence-electron chi connectivity index (χ0n) is 11.5. The van der Waals surface area contributed by atoms with Crippen molar-refractivity contribution in [2.24, 2.45) is 7.05 Å². The molecule has 0 atom stereocenters. The van der Waals surface area contributed by atoms with Gasteiger partial charge in [0.05, 0.1) is 10.5 Å². The van der Waals surface area contributed by atoms with Crippen LogP contribution < -0.4 is 0 Å². The molecule has 0 bridgehead atoms. The number of carbonyl (C=O) groups is 1. The van der Waals surface area contributed by atoms with Crippen LogP contribution >= 0.6 is 11.8 Å². The second-order valence-corrected chi connectivity index (χ2v) is 5.40. The van der Waals surface area contributed by atoms with E-state index in [1.807, 2.05) is 0 Å². The molecule has 0 aliphatic rings. The molecule has 2 aromatic heterocycles. The molecular weight excluding hydrogens is 296 g/mol. The minimum atomic E-state index is -1.12. The quantitative estimate of drug-likeness (QED) is 0.680. The van der Waals surface area contributed by atoms with E-state index in [1.54, 1.807) is 27.0 Å². The number of rotatable bonds is 4. The molecule has 0 fully saturated rings. The number of hydrogen-bond acceptors (Lipinski definition) is 6. The smallest absolute Gasteiger partial charge is 0.338 e. The molecule has 2 heterocycles. The summed E-state index contributed by atoms with van der Waals surface area (Å²) in [7, 11) is 1.56. The highest BCUT2D eigenvalue weighted by atomic mass is 32.2. The second-order valence-electron chi connectivity index (χ2n) is 4.42. The molecule has 0 saturated heterocycles. The van der Waals surface area contributed by atoms with E-state index in [4.69, 9.17) is 0 Å². The number of aromatic carboxylic acids is 1. The first kappa shape index (κ1) is 15.0. The Kier molecular flexibility index (Phi) is 3.94. The summed E-state index contributed by atoms with van der Waals surface area (Å²) in [6.07, 6.45) is 1.27. The normalized spacial score (nSPS) is 10.6. The Morgan fingerprint density at radius 1 is 1.43 bits per heavy atom. The highest BCUT2D eigenvalue weighted by Gasteiger charge is 2.24. The Morgan fingerprint density at radius 2 is 2.10 bits per heavy atom. The maximum atomic E-state index is 11.4. The lowest BCUT2D eigenvalue weighted by Gasteiger charge is -2.07.